The smallest absolute Gasteiger partial charge is 0.231 e. The van der Waals surface area contributed by atoms with Crippen LogP contribution in [-0.4, -0.2) is 37.0 Å². The Bertz CT molecular complexity index is 847. The highest BCUT2D eigenvalue weighted by Gasteiger charge is 2.43. The zero-order chi connectivity index (χ0) is 15.8. The van der Waals surface area contributed by atoms with Crippen molar-refractivity contribution in [1.29, 1.82) is 0 Å². The molecule has 0 bridgehead atoms. The first-order valence-corrected chi connectivity index (χ1v) is 8.15. The van der Waals surface area contributed by atoms with Gasteiger partial charge in [0.25, 0.3) is 0 Å². The van der Waals surface area contributed by atoms with Crippen LogP contribution in [0.2, 0.25) is 0 Å². The van der Waals surface area contributed by atoms with Crippen LogP contribution >= 0.6 is 0 Å². The lowest BCUT2D eigenvalue weighted by Crippen LogP contribution is -3.00. The highest BCUT2D eigenvalue weighted by Crippen LogP contribution is 2.55. The number of likely N-dealkylation sites (N-methyl/N-ethyl adjacent to an activating group) is 1. The van der Waals surface area contributed by atoms with Gasteiger partial charge in [0.1, 0.15) is 11.8 Å². The highest BCUT2D eigenvalue weighted by atomic mass is 127. The van der Waals surface area contributed by atoms with Crippen LogP contribution in [0.3, 0.4) is 0 Å². The number of quaternary nitrogens is 1. The maximum atomic E-state index is 10.00. The predicted octanol–water partition coefficient (Wildman–Crippen LogP) is 0.0216. The standard InChI is InChI=1S/C19H19NO3.HI/c1-20(2)6-5-12-8-16-19(23-10-22-16)18-14-9-13(21)4-3-11(14)7-15(20)17(12)18;/h3-4,8-9,15H,5-7,10H2,1-2H3;1H/t15-;/m1./s1. The van der Waals surface area contributed by atoms with E-state index in [0.717, 1.165) is 46.5 Å². The van der Waals surface area contributed by atoms with E-state index in [1.165, 1.54) is 16.7 Å². The minimum Gasteiger partial charge on any atom is -1.00 e. The summed E-state index contributed by atoms with van der Waals surface area (Å²) in [5.41, 5.74) is 6.29. The molecule has 1 aliphatic carbocycles. The summed E-state index contributed by atoms with van der Waals surface area (Å²) in [5, 5.41) is 10.00. The minimum absolute atomic E-state index is 0. The number of halogens is 1. The summed E-state index contributed by atoms with van der Waals surface area (Å²) in [7, 11) is 4.63. The van der Waals surface area contributed by atoms with Crippen molar-refractivity contribution in [2.75, 3.05) is 27.4 Å². The van der Waals surface area contributed by atoms with Crippen molar-refractivity contribution in [2.45, 2.75) is 18.9 Å². The van der Waals surface area contributed by atoms with Gasteiger partial charge in [0, 0.05) is 24.0 Å². The average Bonchev–Trinajstić information content (AvgIpc) is 2.98. The first-order chi connectivity index (χ1) is 11.0. The molecule has 0 unspecified atom stereocenters. The molecule has 1 N–H and O–H groups in total. The molecular formula is C19H20INO3. The zero-order valence-electron chi connectivity index (χ0n) is 13.8. The van der Waals surface area contributed by atoms with E-state index in [4.69, 9.17) is 9.47 Å². The number of rotatable bonds is 0. The molecule has 126 valence electrons. The molecule has 0 radical (unpaired) electrons. The molecule has 5 rings (SSSR count). The number of aromatic hydroxyl groups is 1. The summed E-state index contributed by atoms with van der Waals surface area (Å²) in [6.45, 7) is 1.41. The molecule has 0 amide bonds. The van der Waals surface area contributed by atoms with Gasteiger partial charge in [-0.3, -0.25) is 0 Å². The number of phenolic OH excluding ortho intramolecular Hbond substituents is 1. The van der Waals surface area contributed by atoms with E-state index in [2.05, 4.69) is 26.2 Å². The molecule has 2 heterocycles. The van der Waals surface area contributed by atoms with Crippen LogP contribution in [0.5, 0.6) is 17.2 Å². The van der Waals surface area contributed by atoms with E-state index < -0.39 is 0 Å². The van der Waals surface area contributed by atoms with Gasteiger partial charge in [-0.25, -0.2) is 0 Å². The molecule has 1 atom stereocenters. The summed E-state index contributed by atoms with van der Waals surface area (Å²) in [5.74, 6) is 2.00. The molecule has 3 aliphatic rings. The number of hydrogen-bond donors (Lipinski definition) is 1. The van der Waals surface area contributed by atoms with Crippen LogP contribution < -0.4 is 33.5 Å². The topological polar surface area (TPSA) is 38.7 Å². The first kappa shape index (κ1) is 16.0. The molecule has 0 aromatic heterocycles. The number of benzene rings is 2. The van der Waals surface area contributed by atoms with Crippen molar-refractivity contribution < 1.29 is 43.0 Å². The van der Waals surface area contributed by atoms with E-state index in [-0.39, 0.29) is 30.8 Å². The molecule has 2 aliphatic heterocycles. The van der Waals surface area contributed by atoms with Crippen LogP contribution in [0.4, 0.5) is 0 Å². The van der Waals surface area contributed by atoms with Gasteiger partial charge in [-0.15, -0.1) is 0 Å². The van der Waals surface area contributed by atoms with E-state index in [1.807, 2.05) is 6.07 Å². The van der Waals surface area contributed by atoms with Crippen molar-refractivity contribution in [3.8, 4) is 28.4 Å². The van der Waals surface area contributed by atoms with E-state index in [1.54, 1.807) is 6.07 Å². The molecule has 0 saturated heterocycles. The van der Waals surface area contributed by atoms with Gasteiger partial charge >= 0.3 is 0 Å². The van der Waals surface area contributed by atoms with Gasteiger partial charge in [-0.05, 0) is 34.9 Å². The van der Waals surface area contributed by atoms with Gasteiger partial charge in [0.05, 0.1) is 20.6 Å². The third kappa shape index (κ3) is 2.07. The van der Waals surface area contributed by atoms with Crippen LogP contribution in [0.1, 0.15) is 22.7 Å². The normalized spacial score (nSPS) is 21.5. The third-order valence-electron chi connectivity index (χ3n) is 5.70. The zero-order valence-corrected chi connectivity index (χ0v) is 16.0. The number of nitrogens with zero attached hydrogens (tertiary/aromatic N) is 1. The monoisotopic (exact) mass is 437 g/mol. The maximum absolute atomic E-state index is 10.00. The van der Waals surface area contributed by atoms with Crippen molar-refractivity contribution in [2.24, 2.45) is 0 Å². The predicted molar refractivity (Wildman–Crippen MR) is 86.8 cm³/mol. The lowest BCUT2D eigenvalue weighted by molar-refractivity contribution is -0.923. The van der Waals surface area contributed by atoms with E-state index in [0.29, 0.717) is 11.8 Å². The summed E-state index contributed by atoms with van der Waals surface area (Å²) in [4.78, 5) is 0. The van der Waals surface area contributed by atoms with Gasteiger partial charge < -0.3 is 43.0 Å². The van der Waals surface area contributed by atoms with Crippen molar-refractivity contribution >= 4 is 0 Å². The van der Waals surface area contributed by atoms with Crippen LogP contribution in [0, 0.1) is 0 Å². The van der Waals surface area contributed by atoms with Gasteiger partial charge in [0.2, 0.25) is 6.79 Å². The number of ether oxygens (including phenoxy) is 2. The fourth-order valence-electron chi connectivity index (χ4n) is 4.41. The average molecular weight is 437 g/mol. The van der Waals surface area contributed by atoms with Gasteiger partial charge in [0.15, 0.2) is 11.5 Å². The Kier molecular flexibility index (Phi) is 3.51. The SMILES string of the molecule is C[N+]1(C)CCc2cc3c(c4c2[C@H]1Cc1ccc(O)cc1-4)OCO3.[I-]. The Morgan fingerprint density at radius 3 is 2.79 bits per heavy atom. The second-order valence-electron chi connectivity index (χ2n) is 7.37. The second-order valence-corrected chi connectivity index (χ2v) is 7.37. The lowest BCUT2D eigenvalue weighted by atomic mass is 9.75. The Morgan fingerprint density at radius 1 is 1.12 bits per heavy atom. The molecule has 0 fully saturated rings. The molecule has 24 heavy (non-hydrogen) atoms. The Balaban J connectivity index is 0.00000146. The van der Waals surface area contributed by atoms with E-state index in [9.17, 15) is 5.11 Å². The second kappa shape index (κ2) is 5.26. The fourth-order valence-corrected chi connectivity index (χ4v) is 4.41. The van der Waals surface area contributed by atoms with Crippen LogP contribution in [0.15, 0.2) is 24.3 Å². The number of phenols is 1. The number of fused-ring (bicyclic) bond motifs is 4. The summed E-state index contributed by atoms with van der Waals surface area (Å²) in [6.07, 6.45) is 2.05. The molecular weight excluding hydrogens is 417 g/mol. The van der Waals surface area contributed by atoms with Crippen molar-refractivity contribution in [3.63, 3.8) is 0 Å². The molecule has 0 spiro atoms. The quantitative estimate of drug-likeness (QED) is 0.467. The van der Waals surface area contributed by atoms with Crippen LogP contribution in [0.25, 0.3) is 11.1 Å². The van der Waals surface area contributed by atoms with Gasteiger partial charge in [-0.2, -0.15) is 0 Å². The van der Waals surface area contributed by atoms with Crippen molar-refractivity contribution in [3.05, 3.63) is 41.0 Å². The maximum Gasteiger partial charge on any atom is 0.231 e. The first-order valence-electron chi connectivity index (χ1n) is 8.15. The molecule has 0 saturated carbocycles. The summed E-state index contributed by atoms with van der Waals surface area (Å²) >= 11 is 0. The minimum atomic E-state index is 0. The molecule has 2 aromatic rings. The third-order valence-corrected chi connectivity index (χ3v) is 5.70. The Morgan fingerprint density at radius 2 is 1.96 bits per heavy atom. The van der Waals surface area contributed by atoms with Crippen molar-refractivity contribution in [1.82, 2.24) is 0 Å². The van der Waals surface area contributed by atoms with Crippen LogP contribution in [-0.2, 0) is 12.8 Å². The van der Waals surface area contributed by atoms with E-state index >= 15 is 0 Å². The Hall–Kier alpha value is -1.47. The Labute approximate surface area is 158 Å². The molecule has 2 aromatic carbocycles. The summed E-state index contributed by atoms with van der Waals surface area (Å²) in [6, 6.07) is 8.31. The molecule has 5 heteroatoms. The number of hydrogen-bond acceptors (Lipinski definition) is 3. The summed E-state index contributed by atoms with van der Waals surface area (Å²) < 4.78 is 12.5. The fraction of sp³-hybridized carbons (Fsp3) is 0.368. The molecule has 4 nitrogen and oxygen atoms in total. The lowest BCUT2D eigenvalue weighted by Gasteiger charge is -2.45. The highest BCUT2D eigenvalue weighted by molar-refractivity contribution is 5.84. The van der Waals surface area contributed by atoms with Gasteiger partial charge in [-0.1, -0.05) is 6.07 Å². The largest absolute Gasteiger partial charge is 1.00 e.